The van der Waals surface area contributed by atoms with Crippen molar-refractivity contribution < 1.29 is 4.74 Å². The van der Waals surface area contributed by atoms with E-state index >= 15 is 0 Å². The summed E-state index contributed by atoms with van der Waals surface area (Å²) in [7, 11) is 0. The van der Waals surface area contributed by atoms with Gasteiger partial charge in [-0.25, -0.2) is 0 Å². The fourth-order valence-corrected chi connectivity index (χ4v) is 2.47. The minimum absolute atomic E-state index is 0.277. The van der Waals surface area contributed by atoms with Gasteiger partial charge in [0.15, 0.2) is 5.11 Å². The van der Waals surface area contributed by atoms with Crippen LogP contribution >= 0.6 is 12.2 Å². The zero-order valence-electron chi connectivity index (χ0n) is 11.3. The highest BCUT2D eigenvalue weighted by molar-refractivity contribution is 7.80. The third-order valence-electron chi connectivity index (χ3n) is 3.33. The quantitative estimate of drug-likeness (QED) is 0.828. The molecule has 1 aliphatic heterocycles. The van der Waals surface area contributed by atoms with Crippen LogP contribution in [0.25, 0.3) is 0 Å². The van der Waals surface area contributed by atoms with E-state index in [1.807, 2.05) is 24.3 Å². The monoisotopic (exact) mass is 279 g/mol. The molecule has 19 heavy (non-hydrogen) atoms. The number of rotatable bonds is 4. The van der Waals surface area contributed by atoms with Gasteiger partial charge in [-0.15, -0.1) is 0 Å². The molecule has 1 atom stereocenters. The Morgan fingerprint density at radius 3 is 2.84 bits per heavy atom. The molecule has 1 saturated heterocycles. The number of ether oxygens (including phenoxy) is 1. The second-order valence-electron chi connectivity index (χ2n) is 4.79. The normalized spacial score (nSPS) is 19.9. The molecule has 0 bridgehead atoms. The molecule has 5 heteroatoms. The fourth-order valence-electron chi connectivity index (χ4n) is 2.35. The van der Waals surface area contributed by atoms with Crippen LogP contribution in [-0.2, 0) is 0 Å². The highest BCUT2D eigenvalue weighted by Gasteiger charge is 2.19. The van der Waals surface area contributed by atoms with Gasteiger partial charge in [-0.2, -0.15) is 0 Å². The third-order valence-corrected chi connectivity index (χ3v) is 3.44. The lowest BCUT2D eigenvalue weighted by Crippen LogP contribution is -2.40. The van der Waals surface area contributed by atoms with Crippen molar-refractivity contribution in [2.45, 2.75) is 25.9 Å². The van der Waals surface area contributed by atoms with Crippen molar-refractivity contribution in [2.24, 2.45) is 5.73 Å². The Morgan fingerprint density at radius 1 is 1.47 bits per heavy atom. The molecular weight excluding hydrogens is 258 g/mol. The lowest BCUT2D eigenvalue weighted by atomic mass is 10.1. The molecule has 0 saturated carbocycles. The van der Waals surface area contributed by atoms with E-state index in [0.29, 0.717) is 6.10 Å². The molecular formula is C14H21N3OS. The molecule has 1 fully saturated rings. The first kappa shape index (κ1) is 14.1. The van der Waals surface area contributed by atoms with E-state index in [-0.39, 0.29) is 5.11 Å². The van der Waals surface area contributed by atoms with Crippen LogP contribution in [0.4, 0.5) is 5.69 Å². The molecule has 0 amide bonds. The minimum Gasteiger partial charge on any atom is -0.489 e. The van der Waals surface area contributed by atoms with Gasteiger partial charge in [0.05, 0.1) is 0 Å². The molecule has 1 heterocycles. The molecule has 1 aromatic carbocycles. The smallest absolute Gasteiger partial charge is 0.168 e. The predicted molar refractivity (Wildman–Crippen MR) is 82.6 cm³/mol. The van der Waals surface area contributed by atoms with E-state index in [0.717, 1.165) is 30.9 Å². The molecule has 1 aromatic rings. The first-order valence-corrected chi connectivity index (χ1v) is 7.13. The van der Waals surface area contributed by atoms with Gasteiger partial charge in [0.2, 0.25) is 0 Å². The van der Waals surface area contributed by atoms with E-state index in [1.165, 1.54) is 13.0 Å². The maximum atomic E-state index is 6.01. The van der Waals surface area contributed by atoms with Crippen molar-refractivity contribution in [1.29, 1.82) is 0 Å². The number of piperidine rings is 1. The third kappa shape index (κ3) is 4.36. The van der Waals surface area contributed by atoms with Crippen LogP contribution in [0.2, 0.25) is 0 Å². The van der Waals surface area contributed by atoms with E-state index in [2.05, 4.69) is 17.1 Å². The van der Waals surface area contributed by atoms with Gasteiger partial charge < -0.3 is 15.8 Å². The van der Waals surface area contributed by atoms with Crippen molar-refractivity contribution in [3.05, 3.63) is 24.3 Å². The number of hydrogen-bond acceptors (Lipinski definition) is 3. The zero-order valence-corrected chi connectivity index (χ0v) is 12.1. The molecule has 0 aromatic heterocycles. The van der Waals surface area contributed by atoms with Crippen molar-refractivity contribution in [1.82, 2.24) is 4.90 Å². The number of benzene rings is 1. The van der Waals surface area contributed by atoms with Crippen LogP contribution in [0.5, 0.6) is 5.75 Å². The standard InChI is InChI=1S/C14H21N3OS/c1-2-17-9-3-4-13(10-17)18-12-7-5-11(6-8-12)16-14(15)19/h5-8,13H,2-4,9-10H2,1H3,(H3,15,16,19). The predicted octanol–water partition coefficient (Wildman–Crippen LogP) is 2.21. The summed E-state index contributed by atoms with van der Waals surface area (Å²) in [6.07, 6.45) is 2.63. The number of hydrogen-bond donors (Lipinski definition) is 2. The van der Waals surface area contributed by atoms with Crippen LogP contribution in [0.1, 0.15) is 19.8 Å². The summed E-state index contributed by atoms with van der Waals surface area (Å²) in [6.45, 7) is 5.49. The SMILES string of the molecule is CCN1CCCC(Oc2ccc(NC(N)=S)cc2)C1. The molecule has 0 spiro atoms. The van der Waals surface area contributed by atoms with Crippen LogP contribution < -0.4 is 15.8 Å². The topological polar surface area (TPSA) is 50.5 Å². The number of likely N-dealkylation sites (tertiary alicyclic amines) is 1. The Bertz CT molecular complexity index is 421. The number of nitrogens with two attached hydrogens (primary N) is 1. The number of nitrogens with one attached hydrogen (secondary N) is 1. The van der Waals surface area contributed by atoms with E-state index in [1.54, 1.807) is 0 Å². The van der Waals surface area contributed by atoms with Gasteiger partial charge in [-0.05, 0) is 62.4 Å². The Hall–Kier alpha value is -1.33. The van der Waals surface area contributed by atoms with Crippen LogP contribution in [0, 0.1) is 0 Å². The molecule has 1 unspecified atom stereocenters. The Labute approximate surface area is 119 Å². The highest BCUT2D eigenvalue weighted by Crippen LogP contribution is 2.20. The van der Waals surface area contributed by atoms with Crippen LogP contribution in [0.15, 0.2) is 24.3 Å². The second kappa shape index (κ2) is 6.73. The van der Waals surface area contributed by atoms with E-state index in [9.17, 15) is 0 Å². The maximum absolute atomic E-state index is 6.01. The average molecular weight is 279 g/mol. The Morgan fingerprint density at radius 2 is 2.21 bits per heavy atom. The average Bonchev–Trinajstić information content (AvgIpc) is 2.41. The van der Waals surface area contributed by atoms with Gasteiger partial charge in [-0.1, -0.05) is 6.92 Å². The van der Waals surface area contributed by atoms with Gasteiger partial charge in [-0.3, -0.25) is 4.90 Å². The molecule has 104 valence electrons. The summed E-state index contributed by atoms with van der Waals surface area (Å²) in [5.41, 5.74) is 6.31. The van der Waals surface area contributed by atoms with Gasteiger partial charge in [0.25, 0.3) is 0 Å². The first-order chi connectivity index (χ1) is 9.17. The van der Waals surface area contributed by atoms with Crippen molar-refractivity contribution in [3.8, 4) is 5.75 Å². The van der Waals surface area contributed by atoms with Crippen molar-refractivity contribution >= 4 is 23.0 Å². The Balaban J connectivity index is 1.90. The van der Waals surface area contributed by atoms with Crippen molar-refractivity contribution in [3.63, 3.8) is 0 Å². The number of anilines is 1. The fraction of sp³-hybridized carbons (Fsp3) is 0.500. The number of likely N-dealkylation sites (N-methyl/N-ethyl adjacent to an activating group) is 1. The highest BCUT2D eigenvalue weighted by atomic mass is 32.1. The summed E-state index contributed by atoms with van der Waals surface area (Å²) in [5, 5.41) is 3.17. The number of thiocarbonyl (C=S) groups is 1. The molecule has 3 N–H and O–H groups in total. The van der Waals surface area contributed by atoms with Gasteiger partial charge >= 0.3 is 0 Å². The second-order valence-corrected chi connectivity index (χ2v) is 5.23. The molecule has 0 radical (unpaired) electrons. The van der Waals surface area contributed by atoms with Crippen LogP contribution in [-0.4, -0.2) is 35.8 Å². The van der Waals surface area contributed by atoms with Crippen LogP contribution in [0.3, 0.4) is 0 Å². The van der Waals surface area contributed by atoms with Gasteiger partial charge in [0, 0.05) is 12.2 Å². The summed E-state index contributed by atoms with van der Waals surface area (Å²) >= 11 is 4.80. The summed E-state index contributed by atoms with van der Waals surface area (Å²) in [5.74, 6) is 0.899. The summed E-state index contributed by atoms with van der Waals surface area (Å²) in [4.78, 5) is 2.43. The summed E-state index contributed by atoms with van der Waals surface area (Å²) < 4.78 is 6.01. The zero-order chi connectivity index (χ0) is 13.7. The minimum atomic E-state index is 0.277. The maximum Gasteiger partial charge on any atom is 0.168 e. The van der Waals surface area contributed by atoms with Crippen molar-refractivity contribution in [2.75, 3.05) is 25.0 Å². The summed E-state index contributed by atoms with van der Waals surface area (Å²) in [6, 6.07) is 7.75. The lowest BCUT2D eigenvalue weighted by Gasteiger charge is -2.32. The van der Waals surface area contributed by atoms with Gasteiger partial charge in [0.1, 0.15) is 11.9 Å². The molecule has 0 aliphatic carbocycles. The lowest BCUT2D eigenvalue weighted by molar-refractivity contribution is 0.0920. The largest absolute Gasteiger partial charge is 0.489 e. The van der Waals surface area contributed by atoms with E-state index in [4.69, 9.17) is 22.7 Å². The number of nitrogens with zero attached hydrogens (tertiary/aromatic N) is 1. The van der Waals surface area contributed by atoms with E-state index < -0.39 is 0 Å². The first-order valence-electron chi connectivity index (χ1n) is 6.73. The Kier molecular flexibility index (Phi) is 4.99. The molecule has 4 nitrogen and oxygen atoms in total. The molecule has 2 rings (SSSR count). The molecule has 1 aliphatic rings.